The van der Waals surface area contributed by atoms with E-state index in [0.29, 0.717) is 12.1 Å². The topological polar surface area (TPSA) is 52.5 Å². The molecule has 0 spiro atoms. The van der Waals surface area contributed by atoms with Crippen molar-refractivity contribution in [2.75, 3.05) is 11.1 Å². The maximum absolute atomic E-state index is 9.75. The molecule has 2 aromatic carbocycles. The average Bonchev–Trinajstić information content (AvgIpc) is 2.42. The van der Waals surface area contributed by atoms with Crippen LogP contribution in [-0.4, -0.2) is 16.0 Å². The Balaban J connectivity index is 2.12. The van der Waals surface area contributed by atoms with Gasteiger partial charge in [0.1, 0.15) is 0 Å². The third-order valence-corrected chi connectivity index (χ3v) is 3.71. The Labute approximate surface area is 117 Å². The smallest absolute Gasteiger partial charge is 0.162 e. The molecule has 0 heterocycles. The number of aromatic hydroxyl groups is 2. The molecule has 0 saturated heterocycles. The van der Waals surface area contributed by atoms with Gasteiger partial charge in [0.25, 0.3) is 0 Å². The van der Waals surface area contributed by atoms with Gasteiger partial charge >= 0.3 is 0 Å². The molecule has 0 radical (unpaired) electrons. The van der Waals surface area contributed by atoms with Gasteiger partial charge in [0.15, 0.2) is 11.5 Å². The van der Waals surface area contributed by atoms with Gasteiger partial charge in [-0.2, -0.15) is 0 Å². The van der Waals surface area contributed by atoms with Crippen LogP contribution >= 0.6 is 11.8 Å². The molecule has 0 aliphatic heterocycles. The summed E-state index contributed by atoms with van der Waals surface area (Å²) in [6.45, 7) is 2.59. The summed E-state index contributed by atoms with van der Waals surface area (Å²) in [5, 5.41) is 22.5. The van der Waals surface area contributed by atoms with Crippen molar-refractivity contribution in [1.82, 2.24) is 0 Å². The first-order valence-corrected chi connectivity index (χ1v) is 7.16. The molecule has 2 rings (SSSR count). The van der Waals surface area contributed by atoms with Crippen molar-refractivity contribution < 1.29 is 10.2 Å². The second-order valence-electron chi connectivity index (χ2n) is 4.07. The summed E-state index contributed by atoms with van der Waals surface area (Å²) in [6, 6.07) is 13.0. The van der Waals surface area contributed by atoms with Crippen molar-refractivity contribution in [2.45, 2.75) is 18.4 Å². The zero-order valence-electron chi connectivity index (χ0n) is 10.8. The number of para-hydroxylation sites is 2. The third kappa shape index (κ3) is 3.35. The van der Waals surface area contributed by atoms with Crippen LogP contribution in [-0.2, 0) is 6.54 Å². The highest BCUT2D eigenvalue weighted by molar-refractivity contribution is 7.99. The number of benzene rings is 2. The molecule has 0 unspecified atom stereocenters. The normalized spacial score (nSPS) is 10.4. The van der Waals surface area contributed by atoms with Crippen LogP contribution in [0.3, 0.4) is 0 Å². The van der Waals surface area contributed by atoms with Crippen LogP contribution in [0.2, 0.25) is 0 Å². The van der Waals surface area contributed by atoms with Gasteiger partial charge in [-0.25, -0.2) is 0 Å². The van der Waals surface area contributed by atoms with Gasteiger partial charge in [0.2, 0.25) is 0 Å². The Morgan fingerprint density at radius 1 is 1.05 bits per heavy atom. The molecule has 0 saturated carbocycles. The summed E-state index contributed by atoms with van der Waals surface area (Å²) in [4.78, 5) is 1.18. The zero-order chi connectivity index (χ0) is 13.7. The highest BCUT2D eigenvalue weighted by Gasteiger charge is 2.06. The van der Waals surface area contributed by atoms with Crippen LogP contribution in [0.1, 0.15) is 12.5 Å². The first kappa shape index (κ1) is 13.6. The Kier molecular flexibility index (Phi) is 4.58. The van der Waals surface area contributed by atoms with Crippen LogP contribution in [0.25, 0.3) is 0 Å². The standard InChI is InChI=1S/C15H17NO2S/c1-2-19-14-9-4-3-7-12(14)16-10-11-6-5-8-13(17)15(11)18/h3-9,16-18H,2,10H2,1H3. The van der Waals surface area contributed by atoms with Gasteiger partial charge in [0, 0.05) is 22.7 Å². The van der Waals surface area contributed by atoms with E-state index in [1.54, 1.807) is 23.9 Å². The van der Waals surface area contributed by atoms with Crippen LogP contribution in [0.4, 0.5) is 5.69 Å². The fourth-order valence-corrected chi connectivity index (χ4v) is 2.59. The van der Waals surface area contributed by atoms with E-state index >= 15 is 0 Å². The van der Waals surface area contributed by atoms with Gasteiger partial charge in [-0.1, -0.05) is 31.2 Å². The van der Waals surface area contributed by atoms with Crippen molar-refractivity contribution in [1.29, 1.82) is 0 Å². The monoisotopic (exact) mass is 275 g/mol. The number of thioether (sulfide) groups is 1. The van der Waals surface area contributed by atoms with Gasteiger partial charge in [0.05, 0.1) is 0 Å². The first-order valence-electron chi connectivity index (χ1n) is 6.18. The summed E-state index contributed by atoms with van der Waals surface area (Å²) in [5.41, 5.74) is 1.72. The summed E-state index contributed by atoms with van der Waals surface area (Å²) < 4.78 is 0. The molecule has 0 bridgehead atoms. The van der Waals surface area contributed by atoms with Gasteiger partial charge in [-0.05, 0) is 24.0 Å². The van der Waals surface area contributed by atoms with Gasteiger partial charge in [-0.15, -0.1) is 11.8 Å². The largest absolute Gasteiger partial charge is 0.504 e. The number of rotatable bonds is 5. The molecule has 0 aromatic heterocycles. The number of phenols is 2. The van der Waals surface area contributed by atoms with Crippen LogP contribution in [0.5, 0.6) is 11.5 Å². The Morgan fingerprint density at radius 2 is 1.84 bits per heavy atom. The van der Waals surface area contributed by atoms with E-state index in [4.69, 9.17) is 0 Å². The number of nitrogens with one attached hydrogen (secondary N) is 1. The average molecular weight is 275 g/mol. The fourth-order valence-electron chi connectivity index (χ4n) is 1.80. The summed E-state index contributed by atoms with van der Waals surface area (Å²) in [7, 11) is 0. The third-order valence-electron chi connectivity index (χ3n) is 2.75. The molecule has 3 nitrogen and oxygen atoms in total. The maximum atomic E-state index is 9.75. The Hall–Kier alpha value is -1.81. The Bertz CT molecular complexity index is 558. The summed E-state index contributed by atoms with van der Waals surface area (Å²) in [5.74, 6) is 0.863. The lowest BCUT2D eigenvalue weighted by molar-refractivity contribution is 0.400. The predicted octanol–water partition coefficient (Wildman–Crippen LogP) is 3.82. The van der Waals surface area contributed by atoms with Crippen LogP contribution < -0.4 is 5.32 Å². The highest BCUT2D eigenvalue weighted by Crippen LogP contribution is 2.30. The van der Waals surface area contributed by atoms with Crippen molar-refractivity contribution >= 4 is 17.4 Å². The molecule has 0 amide bonds. The fraction of sp³-hybridized carbons (Fsp3) is 0.200. The lowest BCUT2D eigenvalue weighted by atomic mass is 10.2. The van der Waals surface area contributed by atoms with E-state index in [-0.39, 0.29) is 11.5 Å². The van der Waals surface area contributed by atoms with Gasteiger partial charge in [-0.3, -0.25) is 0 Å². The van der Waals surface area contributed by atoms with E-state index in [1.165, 1.54) is 11.0 Å². The second-order valence-corrected chi connectivity index (χ2v) is 5.37. The lowest BCUT2D eigenvalue weighted by Gasteiger charge is -2.12. The Morgan fingerprint density at radius 3 is 2.63 bits per heavy atom. The number of phenolic OH excluding ortho intramolecular Hbond substituents is 2. The lowest BCUT2D eigenvalue weighted by Crippen LogP contribution is -2.00. The minimum Gasteiger partial charge on any atom is -0.504 e. The second kappa shape index (κ2) is 6.38. The van der Waals surface area contributed by atoms with Crippen LogP contribution in [0, 0.1) is 0 Å². The van der Waals surface area contributed by atoms with Crippen molar-refractivity contribution in [2.24, 2.45) is 0 Å². The number of hydrogen-bond donors (Lipinski definition) is 3. The number of anilines is 1. The molecule has 3 N–H and O–H groups in total. The van der Waals surface area contributed by atoms with E-state index in [0.717, 1.165) is 11.4 Å². The number of hydrogen-bond acceptors (Lipinski definition) is 4. The summed E-state index contributed by atoms with van der Waals surface area (Å²) >= 11 is 1.77. The molecule has 0 aliphatic rings. The molecule has 4 heteroatoms. The predicted molar refractivity (Wildman–Crippen MR) is 79.9 cm³/mol. The molecule has 0 aliphatic carbocycles. The molecular weight excluding hydrogens is 258 g/mol. The zero-order valence-corrected chi connectivity index (χ0v) is 11.6. The summed E-state index contributed by atoms with van der Waals surface area (Å²) in [6.07, 6.45) is 0. The van der Waals surface area contributed by atoms with Crippen molar-refractivity contribution in [3.8, 4) is 11.5 Å². The van der Waals surface area contributed by atoms with E-state index in [9.17, 15) is 10.2 Å². The minimum absolute atomic E-state index is 0.0596. The van der Waals surface area contributed by atoms with Crippen molar-refractivity contribution in [3.63, 3.8) is 0 Å². The molecule has 100 valence electrons. The quantitative estimate of drug-likeness (QED) is 0.573. The van der Waals surface area contributed by atoms with E-state index in [2.05, 4.69) is 18.3 Å². The van der Waals surface area contributed by atoms with Crippen LogP contribution in [0.15, 0.2) is 47.4 Å². The first-order chi connectivity index (χ1) is 9.22. The minimum atomic E-state index is -0.0875. The SMILES string of the molecule is CCSc1ccccc1NCc1cccc(O)c1O. The molecular formula is C15H17NO2S. The molecule has 19 heavy (non-hydrogen) atoms. The maximum Gasteiger partial charge on any atom is 0.162 e. The van der Waals surface area contributed by atoms with E-state index < -0.39 is 0 Å². The van der Waals surface area contributed by atoms with Crippen molar-refractivity contribution in [3.05, 3.63) is 48.0 Å². The molecule has 0 atom stereocenters. The van der Waals surface area contributed by atoms with Gasteiger partial charge < -0.3 is 15.5 Å². The highest BCUT2D eigenvalue weighted by atomic mass is 32.2. The molecule has 0 fully saturated rings. The van der Waals surface area contributed by atoms with E-state index in [1.807, 2.05) is 18.2 Å². The molecule has 2 aromatic rings.